The second-order valence-corrected chi connectivity index (χ2v) is 24.9. The maximum absolute atomic E-state index is 13.3. The zero-order chi connectivity index (χ0) is 57.2. The molecule has 2 saturated heterocycles. The largest absolute Gasteiger partial charge is 0.489 e. The van der Waals surface area contributed by atoms with Crippen LogP contribution in [0.2, 0.25) is 0 Å². The van der Waals surface area contributed by atoms with Crippen LogP contribution in [0.4, 0.5) is 0 Å². The van der Waals surface area contributed by atoms with Gasteiger partial charge in [-0.15, -0.1) is 0 Å². The van der Waals surface area contributed by atoms with Gasteiger partial charge in [0.1, 0.15) is 36.9 Å². The van der Waals surface area contributed by atoms with E-state index in [0.29, 0.717) is 65.1 Å². The Labute approximate surface area is 468 Å². The van der Waals surface area contributed by atoms with Crippen LogP contribution in [0.15, 0.2) is 122 Å². The molecule has 0 amide bonds. The second-order valence-electron chi connectivity index (χ2n) is 22.9. The number of rotatable bonds is 18. The summed E-state index contributed by atoms with van der Waals surface area (Å²) in [6.07, 6.45) is 10.2. The van der Waals surface area contributed by atoms with Crippen LogP contribution in [0.5, 0.6) is 23.3 Å². The second kappa shape index (κ2) is 22.8. The molecule has 1 atom stereocenters. The van der Waals surface area contributed by atoms with Gasteiger partial charge in [-0.25, -0.2) is 27.9 Å². The Bertz CT molecular complexity index is 3580. The molecule has 416 valence electrons. The lowest BCUT2D eigenvalue weighted by Crippen LogP contribution is -2.67. The van der Waals surface area contributed by atoms with Gasteiger partial charge in [0.05, 0.1) is 99.2 Å². The molecule has 2 aliphatic heterocycles. The molecule has 0 bridgehead atoms. The normalized spacial score (nSPS) is 15.6. The Morgan fingerprint density at radius 1 is 0.637 bits per heavy atom. The lowest BCUT2D eigenvalue weighted by molar-refractivity contribution is 0.0280. The van der Waals surface area contributed by atoms with Gasteiger partial charge < -0.3 is 34.9 Å². The van der Waals surface area contributed by atoms with E-state index in [-0.39, 0.29) is 13.2 Å². The highest BCUT2D eigenvalue weighted by atomic mass is 32.2. The third kappa shape index (κ3) is 12.9. The van der Waals surface area contributed by atoms with Gasteiger partial charge in [-0.1, -0.05) is 60.7 Å². The minimum Gasteiger partial charge on any atom is -0.489 e. The van der Waals surface area contributed by atoms with E-state index in [1.165, 1.54) is 6.20 Å². The summed E-state index contributed by atoms with van der Waals surface area (Å²) in [6.45, 7) is 17.2. The molecule has 2 aliphatic rings. The van der Waals surface area contributed by atoms with E-state index in [4.69, 9.17) is 24.7 Å². The number of fused-ring (bicyclic) bond motifs is 2. The number of aromatic nitrogens is 6. The summed E-state index contributed by atoms with van der Waals surface area (Å²) in [6, 6.07) is 32.2. The number of nitriles is 2. The lowest BCUT2D eigenvalue weighted by atomic mass is 9.82. The number of nitrogens with one attached hydrogen (secondary N) is 1. The molecular formula is C60H68N12O7S. The first-order valence-corrected chi connectivity index (χ1v) is 27.3. The van der Waals surface area contributed by atoms with Crippen LogP contribution in [0, 0.1) is 22.7 Å². The van der Waals surface area contributed by atoms with E-state index in [1.807, 2.05) is 106 Å². The fourth-order valence-electron chi connectivity index (χ4n) is 9.70. The molecule has 10 rings (SSSR count). The van der Waals surface area contributed by atoms with Crippen LogP contribution in [0.25, 0.3) is 33.3 Å². The third-order valence-corrected chi connectivity index (χ3v) is 15.5. The minimum atomic E-state index is -1.28. The summed E-state index contributed by atoms with van der Waals surface area (Å²) >= 11 is 0. The summed E-state index contributed by atoms with van der Waals surface area (Å²) < 4.78 is 41.6. The summed E-state index contributed by atoms with van der Waals surface area (Å²) in [5, 5.41) is 48.3. The topological polar surface area (TPSA) is 247 Å². The van der Waals surface area contributed by atoms with Crippen molar-refractivity contribution in [1.82, 2.24) is 43.7 Å². The van der Waals surface area contributed by atoms with Crippen molar-refractivity contribution in [2.75, 3.05) is 53.6 Å². The van der Waals surface area contributed by atoms with Crippen molar-refractivity contribution in [2.45, 2.75) is 88.6 Å². The van der Waals surface area contributed by atoms with Crippen molar-refractivity contribution >= 4 is 22.0 Å². The number of hydrogen-bond donors (Lipinski definition) is 4. The molecule has 1 unspecified atom stereocenters. The van der Waals surface area contributed by atoms with E-state index in [0.717, 1.165) is 64.1 Å². The zero-order valence-electron chi connectivity index (χ0n) is 46.6. The number of hydrogen-bond acceptors (Lipinski definition) is 16. The first-order valence-electron chi connectivity index (χ1n) is 26.1. The molecule has 0 saturated carbocycles. The Morgan fingerprint density at radius 3 is 1.44 bits per heavy atom. The van der Waals surface area contributed by atoms with Crippen molar-refractivity contribution in [2.24, 2.45) is 5.73 Å². The standard InChI is InChI=1S/C32H38N6O4S.C28H30N6O3/c1-30(2,3)43(40)36-32(19-37(20-32)17-22-7-12-28(41-6)34-15-22)25-10-8-23(9-11-25)27-13-26(42-21-31(4,5)39)18-38-29(27)24(14-33)16-35-38;1-27(2,35)18-37-23-10-24(26-21(11-29)13-32-34(26)15-23)20-5-7-22(8-6-20)28(30)16-33(17-28)14-19-4-9-25(36-3)31-12-19/h7-13,15-16,18,36,39H,17,19-21H2,1-6H3;4-10,12-13,15,35H,14,16-18,30H2,1-3H3. The summed E-state index contributed by atoms with van der Waals surface area (Å²) in [7, 11) is 1.92. The maximum Gasteiger partial charge on any atom is 0.212 e. The Kier molecular flexibility index (Phi) is 16.2. The molecule has 0 aliphatic carbocycles. The van der Waals surface area contributed by atoms with Crippen LogP contribution in [0.1, 0.15) is 81.8 Å². The third-order valence-electron chi connectivity index (χ3n) is 13.8. The Balaban J connectivity index is 0.000000196. The molecule has 8 heterocycles. The average molecular weight is 1100 g/mol. The SMILES string of the molecule is COc1ccc(CN2CC(N)(c3ccc(-c4cc(OCC(C)(C)O)cn5ncc(C#N)c45)cc3)C2)cn1.COc1ccc(CN2CC(NS(=O)C(C)(C)C)(c3ccc(-c4cc(OCC(C)(C)O)cn5ncc(C#N)c45)cc3)C2)cn1. The van der Waals surface area contributed by atoms with Crippen LogP contribution >= 0.6 is 0 Å². The molecule has 5 N–H and O–H groups in total. The molecule has 0 radical (unpaired) electrons. The fourth-order valence-corrected chi connectivity index (χ4v) is 10.6. The quantitative estimate of drug-likeness (QED) is 0.0659. The van der Waals surface area contributed by atoms with Crippen LogP contribution in [-0.2, 0) is 35.2 Å². The highest BCUT2D eigenvalue weighted by Crippen LogP contribution is 2.39. The van der Waals surface area contributed by atoms with Crippen molar-refractivity contribution in [3.05, 3.63) is 155 Å². The summed E-state index contributed by atoms with van der Waals surface area (Å²) in [5.74, 6) is 2.26. The molecule has 20 heteroatoms. The summed E-state index contributed by atoms with van der Waals surface area (Å²) in [5.41, 5.74) is 13.8. The number of likely N-dealkylation sites (tertiary alicyclic amines) is 2. The van der Waals surface area contributed by atoms with E-state index < -0.39 is 38.0 Å². The highest BCUT2D eigenvalue weighted by Gasteiger charge is 2.47. The number of ether oxygens (including phenoxy) is 4. The van der Waals surface area contributed by atoms with Crippen molar-refractivity contribution < 1.29 is 33.4 Å². The molecule has 19 nitrogen and oxygen atoms in total. The first kappa shape index (κ1) is 56.9. The predicted molar refractivity (Wildman–Crippen MR) is 305 cm³/mol. The van der Waals surface area contributed by atoms with Gasteiger partial charge in [-0.05, 0) is 94.0 Å². The van der Waals surface area contributed by atoms with Gasteiger partial charge in [-0.3, -0.25) is 9.80 Å². The van der Waals surface area contributed by atoms with E-state index in [9.17, 15) is 24.9 Å². The van der Waals surface area contributed by atoms with E-state index in [1.54, 1.807) is 69.5 Å². The van der Waals surface area contributed by atoms with Crippen LogP contribution < -0.4 is 29.4 Å². The number of aliphatic hydroxyl groups is 2. The number of benzene rings is 2. The fraction of sp³-hybridized carbons (Fsp3) is 0.367. The number of pyridine rings is 4. The van der Waals surface area contributed by atoms with Crippen LogP contribution in [0.3, 0.4) is 0 Å². The maximum atomic E-state index is 13.3. The van der Waals surface area contributed by atoms with Gasteiger partial charge >= 0.3 is 0 Å². The molecular weight excluding hydrogens is 1030 g/mol. The number of nitrogens with two attached hydrogens (primary N) is 1. The Hall–Kier alpha value is -7.79. The molecule has 2 aromatic carbocycles. The van der Waals surface area contributed by atoms with Gasteiger partial charge in [0, 0.05) is 74.9 Å². The van der Waals surface area contributed by atoms with Crippen LogP contribution in [-0.4, -0.2) is 123 Å². The molecule has 8 aromatic rings. The van der Waals surface area contributed by atoms with Gasteiger partial charge in [0.25, 0.3) is 0 Å². The minimum absolute atomic E-state index is 0.103. The molecule has 6 aromatic heterocycles. The first-order chi connectivity index (χ1) is 38.0. The molecule has 2 fully saturated rings. The van der Waals surface area contributed by atoms with Gasteiger partial charge in [0.15, 0.2) is 0 Å². The van der Waals surface area contributed by atoms with E-state index in [2.05, 4.69) is 59.0 Å². The predicted octanol–water partition coefficient (Wildman–Crippen LogP) is 7.29. The van der Waals surface area contributed by atoms with Crippen molar-refractivity contribution in [3.63, 3.8) is 0 Å². The average Bonchev–Trinajstić information content (AvgIpc) is 4.14. The monoisotopic (exact) mass is 1100 g/mol. The molecule has 0 spiro atoms. The van der Waals surface area contributed by atoms with Crippen molar-refractivity contribution in [1.29, 1.82) is 10.5 Å². The summed E-state index contributed by atoms with van der Waals surface area (Å²) in [4.78, 5) is 13.2. The van der Waals surface area contributed by atoms with Gasteiger partial charge in [0.2, 0.25) is 11.8 Å². The van der Waals surface area contributed by atoms with E-state index >= 15 is 0 Å². The number of nitrogens with zero attached hydrogens (tertiary/aromatic N) is 10. The number of methoxy groups -OCH3 is 2. The molecule has 80 heavy (non-hydrogen) atoms. The highest BCUT2D eigenvalue weighted by molar-refractivity contribution is 7.84. The zero-order valence-corrected chi connectivity index (χ0v) is 47.4. The lowest BCUT2D eigenvalue weighted by Gasteiger charge is -2.51. The van der Waals surface area contributed by atoms with Crippen molar-refractivity contribution in [3.8, 4) is 57.7 Å². The van der Waals surface area contributed by atoms with Gasteiger partial charge in [-0.2, -0.15) is 20.7 Å². The smallest absolute Gasteiger partial charge is 0.212 e. The Morgan fingerprint density at radius 2 is 1.06 bits per heavy atom.